The van der Waals surface area contributed by atoms with Crippen molar-refractivity contribution in [1.29, 1.82) is 0 Å². The van der Waals surface area contributed by atoms with Crippen LogP contribution in [0.1, 0.15) is 42.8 Å². The van der Waals surface area contributed by atoms with Crippen LogP contribution in [0.25, 0.3) is 0 Å². The van der Waals surface area contributed by atoms with Crippen molar-refractivity contribution in [2.45, 2.75) is 39.2 Å². The summed E-state index contributed by atoms with van der Waals surface area (Å²) in [7, 11) is 1.73. The number of Topliss-reactive ketones (excluding diaryl/α,β-unsaturated/α-hetero) is 1. The van der Waals surface area contributed by atoms with Crippen LogP contribution in [-0.4, -0.2) is 43.5 Å². The summed E-state index contributed by atoms with van der Waals surface area (Å²) in [5.74, 6) is 0.269. The lowest BCUT2D eigenvalue weighted by molar-refractivity contribution is 0.0960. The minimum absolute atomic E-state index is 0.269. The molecule has 1 atom stereocenters. The molecule has 1 heterocycles. The molecule has 0 aliphatic heterocycles. The predicted octanol–water partition coefficient (Wildman–Crippen LogP) is 3.46. The minimum Gasteiger partial charge on any atom is -0.383 e. The van der Waals surface area contributed by atoms with Gasteiger partial charge in [-0.2, -0.15) is 0 Å². The Kier molecular flexibility index (Phi) is 7.94. The van der Waals surface area contributed by atoms with Crippen molar-refractivity contribution in [1.82, 2.24) is 4.90 Å². The Labute approximate surface area is 120 Å². The maximum atomic E-state index is 11.9. The van der Waals surface area contributed by atoms with Crippen LogP contribution >= 0.6 is 11.3 Å². The van der Waals surface area contributed by atoms with Crippen molar-refractivity contribution in [2.24, 2.45) is 0 Å². The Balaban J connectivity index is 2.33. The van der Waals surface area contributed by atoms with Gasteiger partial charge in [0.05, 0.1) is 11.5 Å². The van der Waals surface area contributed by atoms with Crippen LogP contribution in [0.4, 0.5) is 0 Å². The molecule has 1 aromatic rings. The maximum absolute atomic E-state index is 11.9. The average molecular weight is 283 g/mol. The number of rotatable bonds is 10. The fraction of sp³-hybridized carbons (Fsp3) is 0.667. The molecule has 1 aromatic heterocycles. The molecule has 1 unspecified atom stereocenters. The summed E-state index contributed by atoms with van der Waals surface area (Å²) >= 11 is 1.53. The van der Waals surface area contributed by atoms with Crippen molar-refractivity contribution < 1.29 is 9.53 Å². The third kappa shape index (κ3) is 5.85. The van der Waals surface area contributed by atoms with E-state index in [1.165, 1.54) is 11.3 Å². The highest BCUT2D eigenvalue weighted by Crippen LogP contribution is 2.13. The van der Waals surface area contributed by atoms with E-state index >= 15 is 0 Å². The zero-order chi connectivity index (χ0) is 14.1. The fourth-order valence-corrected chi connectivity index (χ4v) is 2.72. The topological polar surface area (TPSA) is 29.5 Å². The van der Waals surface area contributed by atoms with Crippen molar-refractivity contribution in [2.75, 3.05) is 26.8 Å². The lowest BCUT2D eigenvalue weighted by Gasteiger charge is -2.27. The molecule has 0 bridgehead atoms. The molecule has 108 valence electrons. The Morgan fingerprint density at radius 1 is 1.47 bits per heavy atom. The van der Waals surface area contributed by atoms with Gasteiger partial charge in [0.15, 0.2) is 5.78 Å². The van der Waals surface area contributed by atoms with Crippen LogP contribution in [0.5, 0.6) is 0 Å². The van der Waals surface area contributed by atoms with E-state index in [-0.39, 0.29) is 5.78 Å². The van der Waals surface area contributed by atoms with Crippen molar-refractivity contribution in [3.63, 3.8) is 0 Å². The molecular formula is C15H25NO2S. The summed E-state index contributed by atoms with van der Waals surface area (Å²) in [6.45, 7) is 7.09. The van der Waals surface area contributed by atoms with E-state index in [1.807, 2.05) is 17.5 Å². The van der Waals surface area contributed by atoms with Gasteiger partial charge in [0.2, 0.25) is 0 Å². The van der Waals surface area contributed by atoms with Crippen LogP contribution in [0.2, 0.25) is 0 Å². The summed E-state index contributed by atoms with van der Waals surface area (Å²) in [6, 6.07) is 4.39. The Morgan fingerprint density at radius 2 is 2.26 bits per heavy atom. The van der Waals surface area contributed by atoms with E-state index in [4.69, 9.17) is 4.74 Å². The van der Waals surface area contributed by atoms with Gasteiger partial charge in [0, 0.05) is 26.1 Å². The van der Waals surface area contributed by atoms with E-state index in [1.54, 1.807) is 7.11 Å². The highest BCUT2D eigenvalue weighted by Gasteiger charge is 2.13. The minimum atomic E-state index is 0.269. The average Bonchev–Trinajstić information content (AvgIpc) is 2.95. The Morgan fingerprint density at radius 3 is 2.84 bits per heavy atom. The summed E-state index contributed by atoms with van der Waals surface area (Å²) in [5.41, 5.74) is 0. The highest BCUT2D eigenvalue weighted by molar-refractivity contribution is 7.12. The van der Waals surface area contributed by atoms with Gasteiger partial charge in [-0.1, -0.05) is 13.0 Å². The van der Waals surface area contributed by atoms with Gasteiger partial charge in [0.1, 0.15) is 0 Å². The molecule has 3 nitrogen and oxygen atoms in total. The second-order valence-electron chi connectivity index (χ2n) is 4.79. The molecule has 4 heteroatoms. The van der Waals surface area contributed by atoms with Crippen LogP contribution < -0.4 is 0 Å². The number of thiophene rings is 1. The first-order valence-electron chi connectivity index (χ1n) is 6.98. The Hall–Kier alpha value is -0.710. The van der Waals surface area contributed by atoms with Gasteiger partial charge in [0.25, 0.3) is 0 Å². The first kappa shape index (κ1) is 16.3. The number of hydrogen-bond acceptors (Lipinski definition) is 4. The standard InChI is InChI=1S/C15H25NO2S/c1-4-13(2)16(10-11-18-3)9-5-7-14(17)15-8-6-12-19-15/h6,8,12-13H,4-5,7,9-11H2,1-3H3. The molecule has 0 saturated heterocycles. The maximum Gasteiger partial charge on any atom is 0.172 e. The molecule has 0 saturated carbocycles. The van der Waals surface area contributed by atoms with E-state index < -0.39 is 0 Å². The lowest BCUT2D eigenvalue weighted by atomic mass is 10.1. The van der Waals surface area contributed by atoms with Gasteiger partial charge in [-0.05, 0) is 37.8 Å². The van der Waals surface area contributed by atoms with Crippen LogP contribution in [0.15, 0.2) is 17.5 Å². The van der Waals surface area contributed by atoms with Crippen molar-refractivity contribution in [3.8, 4) is 0 Å². The third-order valence-electron chi connectivity index (χ3n) is 3.44. The molecule has 0 aromatic carbocycles. The second-order valence-corrected chi connectivity index (χ2v) is 5.74. The van der Waals surface area contributed by atoms with Crippen molar-refractivity contribution >= 4 is 17.1 Å². The number of methoxy groups -OCH3 is 1. The van der Waals surface area contributed by atoms with Gasteiger partial charge < -0.3 is 4.74 Å². The SMILES string of the molecule is CCC(C)N(CCCC(=O)c1cccs1)CCOC. The van der Waals surface area contributed by atoms with Gasteiger partial charge in [-0.15, -0.1) is 11.3 Å². The van der Waals surface area contributed by atoms with Crippen LogP contribution in [0.3, 0.4) is 0 Å². The highest BCUT2D eigenvalue weighted by atomic mass is 32.1. The zero-order valence-electron chi connectivity index (χ0n) is 12.2. The molecule has 0 fully saturated rings. The number of carbonyl (C=O) groups is 1. The van der Waals surface area contributed by atoms with E-state index in [9.17, 15) is 4.79 Å². The largest absolute Gasteiger partial charge is 0.383 e. The number of ketones is 1. The lowest BCUT2D eigenvalue weighted by Crippen LogP contribution is -2.36. The molecule has 0 aliphatic carbocycles. The number of nitrogens with zero attached hydrogens (tertiary/aromatic N) is 1. The zero-order valence-corrected chi connectivity index (χ0v) is 13.0. The quantitative estimate of drug-likeness (QED) is 0.616. The Bertz CT molecular complexity index is 351. The molecule has 0 N–H and O–H groups in total. The van der Waals surface area contributed by atoms with E-state index in [0.717, 1.165) is 37.4 Å². The molecule has 1 rings (SSSR count). The van der Waals surface area contributed by atoms with Crippen LogP contribution in [-0.2, 0) is 4.74 Å². The second kappa shape index (κ2) is 9.23. The molecule has 0 radical (unpaired) electrons. The molecule has 0 amide bonds. The molecular weight excluding hydrogens is 258 g/mol. The normalized spacial score (nSPS) is 12.8. The van der Waals surface area contributed by atoms with E-state index in [0.29, 0.717) is 12.5 Å². The van der Waals surface area contributed by atoms with Gasteiger partial charge >= 0.3 is 0 Å². The third-order valence-corrected chi connectivity index (χ3v) is 4.35. The number of carbonyl (C=O) groups excluding carboxylic acids is 1. The predicted molar refractivity (Wildman–Crippen MR) is 81.1 cm³/mol. The van der Waals surface area contributed by atoms with E-state index in [2.05, 4.69) is 18.7 Å². The van der Waals surface area contributed by atoms with Gasteiger partial charge in [-0.3, -0.25) is 9.69 Å². The van der Waals surface area contributed by atoms with Gasteiger partial charge in [-0.25, -0.2) is 0 Å². The summed E-state index contributed by atoms with van der Waals surface area (Å²) in [5, 5.41) is 1.96. The van der Waals surface area contributed by atoms with Crippen molar-refractivity contribution in [3.05, 3.63) is 22.4 Å². The summed E-state index contributed by atoms with van der Waals surface area (Å²) in [4.78, 5) is 15.2. The van der Waals surface area contributed by atoms with Crippen LogP contribution in [0, 0.1) is 0 Å². The fourth-order valence-electron chi connectivity index (χ4n) is 2.02. The molecule has 0 aliphatic rings. The number of ether oxygens (including phenoxy) is 1. The summed E-state index contributed by atoms with van der Waals surface area (Å²) in [6.07, 6.45) is 2.69. The molecule has 19 heavy (non-hydrogen) atoms. The molecule has 0 spiro atoms. The monoisotopic (exact) mass is 283 g/mol. The number of hydrogen-bond donors (Lipinski definition) is 0. The summed E-state index contributed by atoms with van der Waals surface area (Å²) < 4.78 is 5.15. The first-order chi connectivity index (χ1) is 9.19. The first-order valence-corrected chi connectivity index (χ1v) is 7.86. The smallest absolute Gasteiger partial charge is 0.172 e.